The average molecular weight is 197 g/mol. The Hall–Kier alpha value is -0.370. The van der Waals surface area contributed by atoms with Gasteiger partial charge < -0.3 is 5.73 Å². The molecule has 1 aliphatic rings. The Balaban J connectivity index is 2.13. The fourth-order valence-electron chi connectivity index (χ4n) is 2.02. The standard InChI is InChI=1S/C12H23NO/c1-3-4-9(2)7-11(14)8-12(13)10-5-6-10/h9-10,12H,3-8,13H2,1-2H3. The molecule has 0 aromatic rings. The van der Waals surface area contributed by atoms with Gasteiger partial charge in [-0.25, -0.2) is 0 Å². The molecule has 0 spiro atoms. The highest BCUT2D eigenvalue weighted by molar-refractivity contribution is 5.79. The second-order valence-electron chi connectivity index (χ2n) is 4.84. The molecular weight excluding hydrogens is 174 g/mol. The third kappa shape index (κ3) is 4.23. The van der Waals surface area contributed by atoms with Gasteiger partial charge in [-0.2, -0.15) is 0 Å². The van der Waals surface area contributed by atoms with Crippen LogP contribution >= 0.6 is 0 Å². The number of hydrogen-bond acceptors (Lipinski definition) is 2. The Morgan fingerprint density at radius 3 is 2.57 bits per heavy atom. The molecule has 1 rings (SSSR count). The van der Waals surface area contributed by atoms with Crippen molar-refractivity contribution in [1.82, 2.24) is 0 Å². The number of rotatable bonds is 7. The summed E-state index contributed by atoms with van der Waals surface area (Å²) in [7, 11) is 0. The van der Waals surface area contributed by atoms with Crippen LogP contribution in [0.1, 0.15) is 52.4 Å². The first-order valence-electron chi connectivity index (χ1n) is 5.90. The zero-order valence-corrected chi connectivity index (χ0v) is 9.46. The van der Waals surface area contributed by atoms with Crippen molar-refractivity contribution >= 4 is 5.78 Å². The van der Waals surface area contributed by atoms with E-state index in [9.17, 15) is 4.79 Å². The molecule has 2 unspecified atom stereocenters. The molecule has 0 heterocycles. The highest BCUT2D eigenvalue weighted by atomic mass is 16.1. The minimum Gasteiger partial charge on any atom is -0.327 e. The Bertz CT molecular complexity index is 187. The summed E-state index contributed by atoms with van der Waals surface area (Å²) < 4.78 is 0. The van der Waals surface area contributed by atoms with Gasteiger partial charge in [-0.3, -0.25) is 4.79 Å². The van der Waals surface area contributed by atoms with Crippen LogP contribution in [0.3, 0.4) is 0 Å². The van der Waals surface area contributed by atoms with Gasteiger partial charge in [-0.05, 0) is 24.7 Å². The van der Waals surface area contributed by atoms with Gasteiger partial charge in [0.1, 0.15) is 5.78 Å². The third-order valence-electron chi connectivity index (χ3n) is 3.05. The van der Waals surface area contributed by atoms with Gasteiger partial charge in [-0.15, -0.1) is 0 Å². The van der Waals surface area contributed by atoms with Gasteiger partial charge in [-0.1, -0.05) is 26.7 Å². The average Bonchev–Trinajstić information content (AvgIpc) is 2.85. The van der Waals surface area contributed by atoms with Gasteiger partial charge in [0.2, 0.25) is 0 Å². The lowest BCUT2D eigenvalue weighted by molar-refractivity contribution is -0.120. The number of Topliss-reactive ketones (excluding diaryl/α,β-unsaturated/α-hetero) is 1. The smallest absolute Gasteiger partial charge is 0.134 e. The maximum atomic E-state index is 11.6. The van der Waals surface area contributed by atoms with E-state index in [0.717, 1.165) is 12.8 Å². The summed E-state index contributed by atoms with van der Waals surface area (Å²) in [5.41, 5.74) is 5.91. The van der Waals surface area contributed by atoms with Crippen molar-refractivity contribution in [2.24, 2.45) is 17.6 Å². The topological polar surface area (TPSA) is 43.1 Å². The summed E-state index contributed by atoms with van der Waals surface area (Å²) in [6.07, 6.45) is 6.14. The van der Waals surface area contributed by atoms with E-state index < -0.39 is 0 Å². The van der Waals surface area contributed by atoms with Crippen LogP contribution in [-0.4, -0.2) is 11.8 Å². The lowest BCUT2D eigenvalue weighted by atomic mass is 9.95. The van der Waals surface area contributed by atoms with Crippen molar-refractivity contribution in [1.29, 1.82) is 0 Å². The van der Waals surface area contributed by atoms with E-state index in [1.807, 2.05) is 0 Å². The summed E-state index contributed by atoms with van der Waals surface area (Å²) >= 11 is 0. The quantitative estimate of drug-likeness (QED) is 0.681. The number of carbonyl (C=O) groups is 1. The summed E-state index contributed by atoms with van der Waals surface area (Å²) in [4.78, 5) is 11.6. The molecule has 0 aromatic carbocycles. The van der Waals surface area contributed by atoms with Gasteiger partial charge in [0.15, 0.2) is 0 Å². The highest BCUT2D eigenvalue weighted by Crippen LogP contribution is 2.33. The van der Waals surface area contributed by atoms with E-state index in [2.05, 4.69) is 13.8 Å². The molecule has 1 aliphatic carbocycles. The lowest BCUT2D eigenvalue weighted by Crippen LogP contribution is -2.26. The Kier molecular flexibility index (Phi) is 4.59. The van der Waals surface area contributed by atoms with Gasteiger partial charge >= 0.3 is 0 Å². The number of carbonyl (C=O) groups excluding carboxylic acids is 1. The zero-order chi connectivity index (χ0) is 10.6. The van der Waals surface area contributed by atoms with Crippen molar-refractivity contribution in [3.63, 3.8) is 0 Å². The molecule has 0 aliphatic heterocycles. The van der Waals surface area contributed by atoms with Crippen LogP contribution in [-0.2, 0) is 4.79 Å². The first kappa shape index (κ1) is 11.7. The van der Waals surface area contributed by atoms with Crippen LogP contribution in [0, 0.1) is 11.8 Å². The molecule has 0 amide bonds. The van der Waals surface area contributed by atoms with Crippen molar-refractivity contribution in [2.75, 3.05) is 0 Å². The van der Waals surface area contributed by atoms with E-state index in [1.165, 1.54) is 19.3 Å². The largest absolute Gasteiger partial charge is 0.327 e. The highest BCUT2D eigenvalue weighted by Gasteiger charge is 2.29. The molecule has 2 nitrogen and oxygen atoms in total. The maximum Gasteiger partial charge on any atom is 0.134 e. The van der Waals surface area contributed by atoms with E-state index in [-0.39, 0.29) is 6.04 Å². The van der Waals surface area contributed by atoms with E-state index in [0.29, 0.717) is 24.0 Å². The molecule has 1 fully saturated rings. The zero-order valence-electron chi connectivity index (χ0n) is 9.46. The van der Waals surface area contributed by atoms with Gasteiger partial charge in [0, 0.05) is 18.9 Å². The fourth-order valence-corrected chi connectivity index (χ4v) is 2.02. The normalized spacial score (nSPS) is 20.5. The summed E-state index contributed by atoms with van der Waals surface area (Å²) in [6.45, 7) is 4.32. The van der Waals surface area contributed by atoms with Crippen LogP contribution in [0.4, 0.5) is 0 Å². The summed E-state index contributed by atoms with van der Waals surface area (Å²) in [6, 6.07) is 0.149. The Labute approximate surface area is 87.2 Å². The third-order valence-corrected chi connectivity index (χ3v) is 3.05. The molecule has 2 heteroatoms. The predicted molar refractivity (Wildman–Crippen MR) is 59.0 cm³/mol. The van der Waals surface area contributed by atoms with Crippen LogP contribution < -0.4 is 5.73 Å². The molecule has 14 heavy (non-hydrogen) atoms. The first-order chi connectivity index (χ1) is 6.63. The van der Waals surface area contributed by atoms with Gasteiger partial charge in [0.25, 0.3) is 0 Å². The SMILES string of the molecule is CCCC(C)CC(=O)CC(N)C1CC1. The van der Waals surface area contributed by atoms with Crippen LogP contribution in [0.15, 0.2) is 0 Å². The van der Waals surface area contributed by atoms with E-state index >= 15 is 0 Å². The monoisotopic (exact) mass is 197 g/mol. The molecule has 0 radical (unpaired) electrons. The van der Waals surface area contributed by atoms with Crippen LogP contribution in [0.25, 0.3) is 0 Å². The molecular formula is C12H23NO. The van der Waals surface area contributed by atoms with Crippen molar-refractivity contribution in [2.45, 2.75) is 58.4 Å². The predicted octanol–water partition coefficient (Wildman–Crippen LogP) is 2.51. The molecule has 2 N–H and O–H groups in total. The Morgan fingerprint density at radius 2 is 2.07 bits per heavy atom. The van der Waals surface area contributed by atoms with Crippen molar-refractivity contribution < 1.29 is 4.79 Å². The molecule has 0 bridgehead atoms. The van der Waals surface area contributed by atoms with E-state index in [4.69, 9.17) is 5.73 Å². The second kappa shape index (κ2) is 5.50. The Morgan fingerprint density at radius 1 is 1.43 bits per heavy atom. The first-order valence-corrected chi connectivity index (χ1v) is 5.90. The fraction of sp³-hybridized carbons (Fsp3) is 0.917. The molecule has 1 saturated carbocycles. The molecule has 2 atom stereocenters. The second-order valence-corrected chi connectivity index (χ2v) is 4.84. The van der Waals surface area contributed by atoms with E-state index in [1.54, 1.807) is 0 Å². The van der Waals surface area contributed by atoms with Gasteiger partial charge in [0.05, 0.1) is 0 Å². The molecule has 82 valence electrons. The summed E-state index contributed by atoms with van der Waals surface area (Å²) in [5, 5.41) is 0. The van der Waals surface area contributed by atoms with Crippen LogP contribution in [0.5, 0.6) is 0 Å². The lowest BCUT2D eigenvalue weighted by Gasteiger charge is -2.12. The van der Waals surface area contributed by atoms with Crippen molar-refractivity contribution in [3.05, 3.63) is 0 Å². The van der Waals surface area contributed by atoms with Crippen LogP contribution in [0.2, 0.25) is 0 Å². The summed E-state index contributed by atoms with van der Waals surface area (Å²) in [5.74, 6) is 1.56. The maximum absolute atomic E-state index is 11.6. The minimum absolute atomic E-state index is 0.149. The minimum atomic E-state index is 0.149. The number of ketones is 1. The van der Waals surface area contributed by atoms with Crippen molar-refractivity contribution in [3.8, 4) is 0 Å². The molecule has 0 saturated heterocycles. The number of nitrogens with two attached hydrogens (primary N) is 1. The molecule has 0 aromatic heterocycles. The number of hydrogen-bond donors (Lipinski definition) is 1.